The summed E-state index contributed by atoms with van der Waals surface area (Å²) in [4.78, 5) is 11.3. The Bertz CT molecular complexity index is 410. The molecule has 1 amide bonds. The molecule has 1 heterocycles. The highest BCUT2D eigenvalue weighted by molar-refractivity contribution is 5.85. The first kappa shape index (κ1) is 13.6. The normalized spacial score (nSPS) is 13.8. The van der Waals surface area contributed by atoms with Crippen LogP contribution in [0.1, 0.15) is 12.5 Å². The zero-order valence-electron chi connectivity index (χ0n) is 9.43. The van der Waals surface area contributed by atoms with E-state index in [1.54, 1.807) is 6.92 Å². The third-order valence-corrected chi connectivity index (χ3v) is 2.32. The molecule has 5 nitrogen and oxygen atoms in total. The Hall–Kier alpha value is -1.46. The first-order valence-electron chi connectivity index (χ1n) is 5.08. The van der Waals surface area contributed by atoms with Gasteiger partial charge in [0.15, 0.2) is 11.5 Å². The zero-order valence-corrected chi connectivity index (χ0v) is 10.3. The predicted molar refractivity (Wildman–Crippen MR) is 65.3 cm³/mol. The smallest absolute Gasteiger partial charge is 0.236 e. The van der Waals surface area contributed by atoms with Crippen LogP contribution < -0.4 is 20.5 Å². The molecule has 1 aliphatic rings. The molecule has 1 aliphatic heterocycles. The summed E-state index contributed by atoms with van der Waals surface area (Å²) in [7, 11) is 0. The summed E-state index contributed by atoms with van der Waals surface area (Å²) in [6.45, 7) is 2.34. The van der Waals surface area contributed by atoms with Crippen molar-refractivity contribution < 1.29 is 14.3 Å². The number of ether oxygens (including phenoxy) is 2. The number of carbonyl (C=O) groups excluding carboxylic acids is 1. The molecule has 94 valence electrons. The van der Waals surface area contributed by atoms with Gasteiger partial charge in [0.2, 0.25) is 12.7 Å². The van der Waals surface area contributed by atoms with E-state index in [0.717, 1.165) is 11.3 Å². The summed E-state index contributed by atoms with van der Waals surface area (Å²) in [5.74, 6) is 1.28. The molecule has 0 fully saturated rings. The maximum Gasteiger partial charge on any atom is 0.236 e. The van der Waals surface area contributed by atoms with Gasteiger partial charge in [0.05, 0.1) is 6.04 Å². The third-order valence-electron chi connectivity index (χ3n) is 2.32. The maximum atomic E-state index is 11.3. The highest BCUT2D eigenvalue weighted by atomic mass is 35.5. The first-order valence-corrected chi connectivity index (χ1v) is 5.08. The Morgan fingerprint density at radius 2 is 2.18 bits per heavy atom. The minimum absolute atomic E-state index is 0. The molecule has 0 saturated carbocycles. The van der Waals surface area contributed by atoms with Gasteiger partial charge in [-0.25, -0.2) is 0 Å². The number of amides is 1. The van der Waals surface area contributed by atoms with Crippen LogP contribution >= 0.6 is 12.4 Å². The van der Waals surface area contributed by atoms with Crippen molar-refractivity contribution in [3.05, 3.63) is 23.8 Å². The van der Waals surface area contributed by atoms with Crippen LogP contribution in [0.5, 0.6) is 11.5 Å². The number of fused-ring (bicyclic) bond motifs is 1. The van der Waals surface area contributed by atoms with Crippen molar-refractivity contribution in [3.63, 3.8) is 0 Å². The average Bonchev–Trinajstić information content (AvgIpc) is 2.72. The van der Waals surface area contributed by atoms with Crippen LogP contribution in [0, 0.1) is 0 Å². The minimum atomic E-state index is -0.492. The van der Waals surface area contributed by atoms with E-state index in [4.69, 9.17) is 15.2 Å². The topological polar surface area (TPSA) is 73.6 Å². The molecule has 1 atom stereocenters. The summed E-state index contributed by atoms with van der Waals surface area (Å²) in [6, 6.07) is 5.07. The van der Waals surface area contributed by atoms with Crippen molar-refractivity contribution in [2.45, 2.75) is 19.5 Å². The van der Waals surface area contributed by atoms with E-state index in [1.165, 1.54) is 0 Å². The fourth-order valence-electron chi connectivity index (χ4n) is 1.40. The Kier molecular flexibility index (Phi) is 4.60. The molecule has 2 rings (SSSR count). The number of hydrogen-bond acceptors (Lipinski definition) is 4. The molecule has 1 aromatic rings. The highest BCUT2D eigenvalue weighted by Crippen LogP contribution is 2.32. The third kappa shape index (κ3) is 3.25. The Balaban J connectivity index is 0.00000144. The monoisotopic (exact) mass is 258 g/mol. The molecule has 0 radical (unpaired) electrons. The lowest BCUT2D eigenvalue weighted by atomic mass is 10.2. The molecule has 6 heteroatoms. The number of hydrogen-bond donors (Lipinski definition) is 2. The van der Waals surface area contributed by atoms with E-state index in [2.05, 4.69) is 5.32 Å². The van der Waals surface area contributed by atoms with E-state index in [-0.39, 0.29) is 25.1 Å². The van der Waals surface area contributed by atoms with E-state index in [9.17, 15) is 4.79 Å². The van der Waals surface area contributed by atoms with Crippen molar-refractivity contribution in [2.75, 3.05) is 6.79 Å². The fraction of sp³-hybridized carbons (Fsp3) is 0.364. The van der Waals surface area contributed by atoms with Crippen LogP contribution in [0.15, 0.2) is 18.2 Å². The number of rotatable bonds is 3. The molecule has 0 bridgehead atoms. The van der Waals surface area contributed by atoms with Crippen molar-refractivity contribution in [3.8, 4) is 11.5 Å². The molecule has 3 N–H and O–H groups in total. The van der Waals surface area contributed by atoms with Crippen molar-refractivity contribution in [1.29, 1.82) is 0 Å². The molecule has 17 heavy (non-hydrogen) atoms. The van der Waals surface area contributed by atoms with Gasteiger partial charge in [0.1, 0.15) is 0 Å². The maximum absolute atomic E-state index is 11.3. The highest BCUT2D eigenvalue weighted by Gasteiger charge is 2.13. The van der Waals surface area contributed by atoms with Gasteiger partial charge in [-0.05, 0) is 24.6 Å². The number of benzene rings is 1. The molecule has 1 aromatic carbocycles. The van der Waals surface area contributed by atoms with Crippen LogP contribution in [-0.4, -0.2) is 18.7 Å². The second-order valence-electron chi connectivity index (χ2n) is 3.69. The van der Waals surface area contributed by atoms with Crippen LogP contribution in [0.25, 0.3) is 0 Å². The van der Waals surface area contributed by atoms with Gasteiger partial charge in [0, 0.05) is 6.54 Å². The van der Waals surface area contributed by atoms with Crippen LogP contribution in [0.4, 0.5) is 0 Å². The van der Waals surface area contributed by atoms with Crippen molar-refractivity contribution in [2.24, 2.45) is 5.73 Å². The fourth-order valence-corrected chi connectivity index (χ4v) is 1.40. The lowest BCUT2D eigenvalue weighted by Gasteiger charge is -2.08. The second-order valence-corrected chi connectivity index (χ2v) is 3.69. The van der Waals surface area contributed by atoms with Gasteiger partial charge in [-0.15, -0.1) is 12.4 Å². The van der Waals surface area contributed by atoms with Gasteiger partial charge in [0.25, 0.3) is 0 Å². The number of nitrogens with two attached hydrogens (primary N) is 1. The lowest BCUT2D eigenvalue weighted by molar-refractivity contribution is -0.122. The van der Waals surface area contributed by atoms with Gasteiger partial charge in [-0.2, -0.15) is 0 Å². The molecule has 0 aliphatic carbocycles. The largest absolute Gasteiger partial charge is 0.454 e. The summed E-state index contributed by atoms with van der Waals surface area (Å²) in [6.07, 6.45) is 0. The minimum Gasteiger partial charge on any atom is -0.454 e. The lowest BCUT2D eigenvalue weighted by Crippen LogP contribution is -2.37. The summed E-state index contributed by atoms with van der Waals surface area (Å²) in [5.41, 5.74) is 6.39. The number of carbonyl (C=O) groups is 1. The van der Waals surface area contributed by atoms with E-state index in [1.807, 2.05) is 18.2 Å². The zero-order chi connectivity index (χ0) is 11.5. The SMILES string of the molecule is C[C@@H](N)C(=O)NCc1ccc2c(c1)OCO2.Cl. The van der Waals surface area contributed by atoms with Gasteiger partial charge in [-0.3, -0.25) is 4.79 Å². The molecular weight excluding hydrogens is 244 g/mol. The summed E-state index contributed by atoms with van der Waals surface area (Å²) in [5, 5.41) is 2.73. The van der Waals surface area contributed by atoms with Gasteiger partial charge in [-0.1, -0.05) is 6.07 Å². The standard InChI is InChI=1S/C11H14N2O3.ClH/c1-7(12)11(14)13-5-8-2-3-9-10(4-8)16-6-15-9;/h2-4,7H,5-6,12H2,1H3,(H,13,14);1H/t7-;/m1./s1. The van der Waals surface area contributed by atoms with Crippen molar-refractivity contribution >= 4 is 18.3 Å². The van der Waals surface area contributed by atoms with Crippen molar-refractivity contribution in [1.82, 2.24) is 5.32 Å². The molecular formula is C11H15ClN2O3. The Morgan fingerprint density at radius 3 is 2.88 bits per heavy atom. The van der Waals surface area contributed by atoms with Gasteiger partial charge < -0.3 is 20.5 Å². The van der Waals surface area contributed by atoms with Crippen LogP contribution in [0.2, 0.25) is 0 Å². The van der Waals surface area contributed by atoms with E-state index in [0.29, 0.717) is 12.3 Å². The number of halogens is 1. The van der Waals surface area contributed by atoms with Gasteiger partial charge >= 0.3 is 0 Å². The number of nitrogens with one attached hydrogen (secondary N) is 1. The van der Waals surface area contributed by atoms with E-state index < -0.39 is 6.04 Å². The summed E-state index contributed by atoms with van der Waals surface area (Å²) < 4.78 is 10.4. The second kappa shape index (κ2) is 5.75. The molecule has 0 spiro atoms. The first-order chi connectivity index (χ1) is 7.66. The average molecular weight is 259 g/mol. The van der Waals surface area contributed by atoms with E-state index >= 15 is 0 Å². The Labute approximate surface area is 106 Å². The quantitative estimate of drug-likeness (QED) is 0.841. The Morgan fingerprint density at radius 1 is 1.47 bits per heavy atom. The van der Waals surface area contributed by atoms with Crippen LogP contribution in [0.3, 0.4) is 0 Å². The molecule has 0 saturated heterocycles. The summed E-state index contributed by atoms with van der Waals surface area (Å²) >= 11 is 0. The molecule has 0 aromatic heterocycles. The van der Waals surface area contributed by atoms with Crippen LogP contribution in [-0.2, 0) is 11.3 Å². The molecule has 0 unspecified atom stereocenters. The predicted octanol–water partition coefficient (Wildman–Crippen LogP) is 0.800.